The number of nitrogens with one attached hydrogen (secondary N) is 1. The van der Waals surface area contributed by atoms with Crippen molar-refractivity contribution in [1.82, 2.24) is 14.3 Å². The average Bonchev–Trinajstić information content (AvgIpc) is 3.19. The van der Waals surface area contributed by atoms with E-state index < -0.39 is 27.3 Å². The Hall–Kier alpha value is -3.04. The van der Waals surface area contributed by atoms with Gasteiger partial charge in [-0.2, -0.15) is 4.98 Å². The molecule has 0 spiro atoms. The minimum atomic E-state index is -3.75. The second-order valence-corrected chi connectivity index (χ2v) is 9.06. The fourth-order valence-electron chi connectivity index (χ4n) is 3.80. The lowest BCUT2D eigenvalue weighted by molar-refractivity contribution is 0.461. The highest BCUT2D eigenvalue weighted by atomic mass is 32.2. The number of anilines is 1. The van der Waals surface area contributed by atoms with Crippen LogP contribution in [0.25, 0.3) is 11.1 Å². The van der Waals surface area contributed by atoms with Gasteiger partial charge in [0.05, 0.1) is 4.90 Å². The first-order chi connectivity index (χ1) is 14.3. The molecule has 9 heteroatoms. The van der Waals surface area contributed by atoms with Crippen molar-refractivity contribution >= 4 is 15.8 Å². The van der Waals surface area contributed by atoms with Crippen LogP contribution in [0.15, 0.2) is 70.5 Å². The SMILES string of the molecule is Nc1nc(=O)n([C@H]2CC[C@@H](NS(=O)(=O)c3cccc(-c4ccccc4)c3)C2)cc1F. The standard InChI is InChI=1S/C21H21FN4O3S/c22-19-13-26(21(27)24-20(19)23)17-10-9-16(12-17)25-30(28,29)18-8-4-7-15(11-18)14-5-2-1-3-6-14/h1-8,11,13,16-17,25H,9-10,12H2,(H2,23,24,27)/t16-,17+/m1/s1. The van der Waals surface area contributed by atoms with E-state index in [1.165, 1.54) is 4.57 Å². The van der Waals surface area contributed by atoms with Crippen molar-refractivity contribution in [3.8, 4) is 11.1 Å². The van der Waals surface area contributed by atoms with Crippen molar-refractivity contribution in [2.45, 2.75) is 36.2 Å². The van der Waals surface area contributed by atoms with E-state index in [-0.39, 0.29) is 17.0 Å². The fraction of sp³-hybridized carbons (Fsp3) is 0.238. The van der Waals surface area contributed by atoms with Crippen molar-refractivity contribution in [1.29, 1.82) is 0 Å². The maximum atomic E-state index is 13.7. The van der Waals surface area contributed by atoms with E-state index >= 15 is 0 Å². The van der Waals surface area contributed by atoms with Gasteiger partial charge >= 0.3 is 5.69 Å². The Morgan fingerprint density at radius 3 is 2.57 bits per heavy atom. The molecular formula is C21H21FN4O3S. The first-order valence-electron chi connectivity index (χ1n) is 9.55. The Morgan fingerprint density at radius 1 is 1.07 bits per heavy atom. The second kappa shape index (κ2) is 8.00. The van der Waals surface area contributed by atoms with Gasteiger partial charge in [0.1, 0.15) is 0 Å². The van der Waals surface area contributed by atoms with Crippen LogP contribution in [-0.4, -0.2) is 24.0 Å². The molecule has 3 N–H and O–H groups in total. The number of halogens is 1. The van der Waals surface area contributed by atoms with Gasteiger partial charge in [0, 0.05) is 18.3 Å². The first kappa shape index (κ1) is 20.2. The van der Waals surface area contributed by atoms with Gasteiger partial charge in [-0.05, 0) is 42.5 Å². The molecule has 0 saturated heterocycles. The number of sulfonamides is 1. The molecular weight excluding hydrogens is 407 g/mol. The number of nitrogens with two attached hydrogens (primary N) is 1. The Morgan fingerprint density at radius 2 is 1.80 bits per heavy atom. The molecule has 4 rings (SSSR count). The highest BCUT2D eigenvalue weighted by Gasteiger charge is 2.30. The number of hydrogen-bond acceptors (Lipinski definition) is 5. The van der Waals surface area contributed by atoms with E-state index in [9.17, 15) is 17.6 Å². The molecule has 1 fully saturated rings. The van der Waals surface area contributed by atoms with Crippen LogP contribution in [0.5, 0.6) is 0 Å². The molecule has 3 aromatic rings. The zero-order chi connectivity index (χ0) is 21.3. The molecule has 0 bridgehead atoms. The van der Waals surface area contributed by atoms with Crippen LogP contribution in [-0.2, 0) is 10.0 Å². The summed E-state index contributed by atoms with van der Waals surface area (Å²) in [7, 11) is -3.75. The lowest BCUT2D eigenvalue weighted by Crippen LogP contribution is -2.34. The summed E-state index contributed by atoms with van der Waals surface area (Å²) in [6.45, 7) is 0. The highest BCUT2D eigenvalue weighted by Crippen LogP contribution is 2.30. The summed E-state index contributed by atoms with van der Waals surface area (Å²) in [5.41, 5.74) is 6.41. The summed E-state index contributed by atoms with van der Waals surface area (Å²) in [6, 6.07) is 15.5. The van der Waals surface area contributed by atoms with Gasteiger partial charge in [0.2, 0.25) is 10.0 Å². The fourth-order valence-corrected chi connectivity index (χ4v) is 5.13. The molecule has 0 amide bonds. The van der Waals surface area contributed by atoms with Gasteiger partial charge in [0.15, 0.2) is 11.6 Å². The lowest BCUT2D eigenvalue weighted by Gasteiger charge is -2.16. The molecule has 0 aliphatic heterocycles. The summed E-state index contributed by atoms with van der Waals surface area (Å²) in [5, 5.41) is 0. The van der Waals surface area contributed by atoms with Crippen LogP contribution >= 0.6 is 0 Å². The minimum Gasteiger partial charge on any atom is -0.381 e. The van der Waals surface area contributed by atoms with Crippen LogP contribution in [0.1, 0.15) is 25.3 Å². The molecule has 1 saturated carbocycles. The number of benzene rings is 2. The van der Waals surface area contributed by atoms with E-state index in [1.54, 1.807) is 18.2 Å². The molecule has 1 aliphatic rings. The molecule has 156 valence electrons. The van der Waals surface area contributed by atoms with E-state index in [1.807, 2.05) is 36.4 Å². The predicted molar refractivity (Wildman–Crippen MR) is 112 cm³/mol. The van der Waals surface area contributed by atoms with Gasteiger partial charge in [-0.25, -0.2) is 22.3 Å². The quantitative estimate of drug-likeness (QED) is 0.650. The Bertz CT molecular complexity index is 1230. The van der Waals surface area contributed by atoms with Crippen LogP contribution in [0.4, 0.5) is 10.2 Å². The van der Waals surface area contributed by atoms with Gasteiger partial charge in [-0.15, -0.1) is 0 Å². The maximum Gasteiger partial charge on any atom is 0.349 e. The van der Waals surface area contributed by atoms with Crippen molar-refractivity contribution in [3.05, 3.63) is 77.1 Å². The lowest BCUT2D eigenvalue weighted by atomic mass is 10.1. The van der Waals surface area contributed by atoms with Crippen LogP contribution in [0, 0.1) is 5.82 Å². The minimum absolute atomic E-state index is 0.171. The molecule has 1 heterocycles. The van der Waals surface area contributed by atoms with E-state index in [0.29, 0.717) is 19.3 Å². The van der Waals surface area contributed by atoms with Crippen molar-refractivity contribution in [2.24, 2.45) is 0 Å². The van der Waals surface area contributed by atoms with Crippen molar-refractivity contribution in [3.63, 3.8) is 0 Å². The molecule has 7 nitrogen and oxygen atoms in total. The number of nitrogens with zero attached hydrogens (tertiary/aromatic N) is 2. The third-order valence-corrected chi connectivity index (χ3v) is 6.82. The van der Waals surface area contributed by atoms with Crippen molar-refractivity contribution in [2.75, 3.05) is 5.73 Å². The number of aromatic nitrogens is 2. The van der Waals surface area contributed by atoms with Crippen LogP contribution in [0.2, 0.25) is 0 Å². The average molecular weight is 428 g/mol. The summed E-state index contributed by atoms with van der Waals surface area (Å²) < 4.78 is 43.4. The molecule has 2 aromatic carbocycles. The maximum absolute atomic E-state index is 13.7. The number of hydrogen-bond donors (Lipinski definition) is 2. The summed E-state index contributed by atoms with van der Waals surface area (Å²) in [5.74, 6) is -1.21. The predicted octanol–water partition coefficient (Wildman–Crippen LogP) is 2.70. The summed E-state index contributed by atoms with van der Waals surface area (Å²) in [4.78, 5) is 15.7. The Balaban J connectivity index is 1.51. The van der Waals surface area contributed by atoms with Gasteiger partial charge in [-0.1, -0.05) is 42.5 Å². The zero-order valence-electron chi connectivity index (χ0n) is 16.0. The normalized spacial score (nSPS) is 19.1. The highest BCUT2D eigenvalue weighted by molar-refractivity contribution is 7.89. The van der Waals surface area contributed by atoms with E-state index in [4.69, 9.17) is 5.73 Å². The van der Waals surface area contributed by atoms with E-state index in [0.717, 1.165) is 17.3 Å². The topological polar surface area (TPSA) is 107 Å². The van der Waals surface area contributed by atoms with Gasteiger partial charge < -0.3 is 5.73 Å². The monoisotopic (exact) mass is 428 g/mol. The Kier molecular flexibility index (Phi) is 5.40. The third-order valence-electron chi connectivity index (χ3n) is 5.31. The van der Waals surface area contributed by atoms with E-state index in [2.05, 4.69) is 9.71 Å². The zero-order valence-corrected chi connectivity index (χ0v) is 16.8. The smallest absolute Gasteiger partial charge is 0.349 e. The molecule has 2 atom stereocenters. The van der Waals surface area contributed by atoms with Crippen molar-refractivity contribution < 1.29 is 12.8 Å². The van der Waals surface area contributed by atoms with Crippen LogP contribution < -0.4 is 16.1 Å². The number of nitrogen functional groups attached to an aromatic ring is 1. The molecule has 0 radical (unpaired) electrons. The summed E-state index contributed by atoms with van der Waals surface area (Å²) in [6.07, 6.45) is 2.46. The van der Waals surface area contributed by atoms with Crippen LogP contribution in [0.3, 0.4) is 0 Å². The summed E-state index contributed by atoms with van der Waals surface area (Å²) >= 11 is 0. The molecule has 30 heavy (non-hydrogen) atoms. The Labute approximate surface area is 173 Å². The molecule has 0 unspecified atom stereocenters. The second-order valence-electron chi connectivity index (χ2n) is 7.34. The third kappa shape index (κ3) is 4.12. The first-order valence-corrected chi connectivity index (χ1v) is 11.0. The number of rotatable bonds is 5. The largest absolute Gasteiger partial charge is 0.381 e. The van der Waals surface area contributed by atoms with Gasteiger partial charge in [-0.3, -0.25) is 4.57 Å². The van der Waals surface area contributed by atoms with Gasteiger partial charge in [0.25, 0.3) is 0 Å². The molecule has 1 aliphatic carbocycles. The molecule has 1 aromatic heterocycles.